The molecule has 2 heterocycles. The smallest absolute Gasteiger partial charge is 0.269 e. The molecule has 28 heavy (non-hydrogen) atoms. The molecule has 0 aliphatic carbocycles. The standard InChI is InChI=1S/C20H22N4O4/c1-13(2)11-18-19(20(25)21-12-17-5-4-10-28-17)14(3)23(22-18)15-6-8-16(9-7-15)24(26)27/h4-10,13H,11-12H2,1-3H3,(H,21,25). The lowest BCUT2D eigenvalue weighted by Crippen LogP contribution is -2.24. The number of hydrogen-bond acceptors (Lipinski definition) is 5. The molecule has 0 spiro atoms. The van der Waals surface area contributed by atoms with Crippen LogP contribution >= 0.6 is 0 Å². The van der Waals surface area contributed by atoms with E-state index in [-0.39, 0.29) is 18.1 Å². The molecule has 0 aliphatic heterocycles. The fourth-order valence-electron chi connectivity index (χ4n) is 3.02. The molecule has 2 aromatic heterocycles. The van der Waals surface area contributed by atoms with Gasteiger partial charge in [-0.25, -0.2) is 4.68 Å². The molecule has 1 N–H and O–H groups in total. The van der Waals surface area contributed by atoms with Gasteiger partial charge >= 0.3 is 0 Å². The molecule has 3 aromatic rings. The van der Waals surface area contributed by atoms with E-state index in [0.717, 1.165) is 0 Å². The van der Waals surface area contributed by atoms with Gasteiger partial charge in [-0.3, -0.25) is 14.9 Å². The van der Waals surface area contributed by atoms with Gasteiger partial charge < -0.3 is 9.73 Å². The van der Waals surface area contributed by atoms with Gasteiger partial charge in [-0.05, 0) is 43.5 Å². The summed E-state index contributed by atoms with van der Waals surface area (Å²) >= 11 is 0. The lowest BCUT2D eigenvalue weighted by molar-refractivity contribution is -0.384. The maximum atomic E-state index is 12.9. The number of benzene rings is 1. The van der Waals surface area contributed by atoms with E-state index in [1.54, 1.807) is 35.2 Å². The van der Waals surface area contributed by atoms with Crippen LogP contribution in [0.3, 0.4) is 0 Å². The molecule has 8 heteroatoms. The zero-order chi connectivity index (χ0) is 20.3. The predicted molar refractivity (Wildman–Crippen MR) is 103 cm³/mol. The van der Waals surface area contributed by atoms with Gasteiger partial charge in [0.25, 0.3) is 11.6 Å². The molecule has 1 amide bonds. The molecule has 0 fully saturated rings. The summed E-state index contributed by atoms with van der Waals surface area (Å²) < 4.78 is 6.92. The van der Waals surface area contributed by atoms with E-state index in [2.05, 4.69) is 24.3 Å². The second kappa shape index (κ2) is 8.08. The molecule has 0 radical (unpaired) electrons. The van der Waals surface area contributed by atoms with Crippen LogP contribution in [0.15, 0.2) is 47.1 Å². The highest BCUT2D eigenvalue weighted by Crippen LogP contribution is 2.22. The number of nitro groups is 1. The minimum Gasteiger partial charge on any atom is -0.467 e. The van der Waals surface area contributed by atoms with Gasteiger partial charge in [-0.15, -0.1) is 0 Å². The van der Waals surface area contributed by atoms with Crippen LogP contribution in [0.5, 0.6) is 0 Å². The molecule has 0 aliphatic rings. The van der Waals surface area contributed by atoms with Gasteiger partial charge in [0.15, 0.2) is 0 Å². The summed E-state index contributed by atoms with van der Waals surface area (Å²) in [7, 11) is 0. The highest BCUT2D eigenvalue weighted by Gasteiger charge is 2.23. The van der Waals surface area contributed by atoms with E-state index in [4.69, 9.17) is 4.42 Å². The average Bonchev–Trinajstić information content (AvgIpc) is 3.27. The van der Waals surface area contributed by atoms with Crippen LogP contribution < -0.4 is 5.32 Å². The minimum atomic E-state index is -0.447. The number of nitrogens with zero attached hydrogens (tertiary/aromatic N) is 3. The summed E-state index contributed by atoms with van der Waals surface area (Å²) in [5.41, 5.74) is 2.58. The molecule has 146 valence electrons. The first-order valence-electron chi connectivity index (χ1n) is 9.00. The summed E-state index contributed by atoms with van der Waals surface area (Å²) in [6.07, 6.45) is 2.20. The van der Waals surface area contributed by atoms with E-state index >= 15 is 0 Å². The van der Waals surface area contributed by atoms with Crippen molar-refractivity contribution in [2.24, 2.45) is 5.92 Å². The SMILES string of the molecule is Cc1c(C(=O)NCc2ccco2)c(CC(C)C)nn1-c1ccc([N+](=O)[O-])cc1. The van der Waals surface area contributed by atoms with E-state index < -0.39 is 4.92 Å². The second-order valence-electron chi connectivity index (χ2n) is 6.95. The first-order chi connectivity index (χ1) is 13.4. The van der Waals surface area contributed by atoms with Crippen molar-refractivity contribution in [3.8, 4) is 5.69 Å². The normalized spacial score (nSPS) is 11.0. The van der Waals surface area contributed by atoms with Crippen LogP contribution in [0.1, 0.15) is 41.4 Å². The Bertz CT molecular complexity index is 973. The number of carbonyl (C=O) groups is 1. The van der Waals surface area contributed by atoms with Gasteiger partial charge in [0.05, 0.1) is 40.4 Å². The zero-order valence-electron chi connectivity index (χ0n) is 16.0. The van der Waals surface area contributed by atoms with Crippen LogP contribution in [-0.4, -0.2) is 20.6 Å². The predicted octanol–water partition coefficient (Wildman–Crippen LogP) is 3.81. The largest absolute Gasteiger partial charge is 0.467 e. The Morgan fingerprint density at radius 3 is 2.57 bits per heavy atom. The molecule has 1 aromatic carbocycles. The zero-order valence-corrected chi connectivity index (χ0v) is 16.0. The monoisotopic (exact) mass is 382 g/mol. The summed E-state index contributed by atoms with van der Waals surface area (Å²) in [6, 6.07) is 9.67. The third kappa shape index (κ3) is 4.11. The topological polar surface area (TPSA) is 103 Å². The molecule has 0 atom stereocenters. The Labute approximate surface area is 162 Å². The summed E-state index contributed by atoms with van der Waals surface area (Å²) in [5.74, 6) is 0.758. The van der Waals surface area contributed by atoms with E-state index in [1.807, 2.05) is 6.92 Å². The number of nitro benzene ring substituents is 1. The Morgan fingerprint density at radius 1 is 1.29 bits per heavy atom. The van der Waals surface area contributed by atoms with Crippen LogP contribution in [0.4, 0.5) is 5.69 Å². The lowest BCUT2D eigenvalue weighted by atomic mass is 10.0. The Morgan fingerprint density at radius 2 is 2.00 bits per heavy atom. The molecule has 0 bridgehead atoms. The number of furan rings is 1. The fraction of sp³-hybridized carbons (Fsp3) is 0.300. The van der Waals surface area contributed by atoms with Crippen LogP contribution in [0.2, 0.25) is 0 Å². The minimum absolute atomic E-state index is 0.00683. The molecule has 0 unspecified atom stereocenters. The third-order valence-corrected chi connectivity index (χ3v) is 4.33. The van der Waals surface area contributed by atoms with E-state index in [1.165, 1.54) is 12.1 Å². The van der Waals surface area contributed by atoms with Gasteiger partial charge in [0, 0.05) is 12.1 Å². The summed E-state index contributed by atoms with van der Waals surface area (Å²) in [6.45, 7) is 6.23. The first-order valence-corrected chi connectivity index (χ1v) is 9.00. The van der Waals surface area contributed by atoms with Gasteiger partial charge in [-0.2, -0.15) is 5.10 Å². The number of nitrogens with one attached hydrogen (secondary N) is 1. The van der Waals surface area contributed by atoms with Crippen molar-refractivity contribution in [1.82, 2.24) is 15.1 Å². The van der Waals surface area contributed by atoms with Crippen molar-refractivity contribution in [1.29, 1.82) is 0 Å². The number of rotatable bonds is 7. The number of non-ortho nitro benzene ring substituents is 1. The van der Waals surface area contributed by atoms with Crippen molar-refractivity contribution in [2.75, 3.05) is 0 Å². The quantitative estimate of drug-likeness (QED) is 0.494. The lowest BCUT2D eigenvalue weighted by Gasteiger charge is -2.07. The van der Waals surface area contributed by atoms with Crippen molar-refractivity contribution < 1.29 is 14.1 Å². The second-order valence-corrected chi connectivity index (χ2v) is 6.95. The Balaban J connectivity index is 1.93. The Kier molecular flexibility index (Phi) is 5.58. The highest BCUT2D eigenvalue weighted by molar-refractivity contribution is 5.96. The molecular formula is C20H22N4O4. The van der Waals surface area contributed by atoms with Gasteiger partial charge in [-0.1, -0.05) is 13.8 Å². The number of carbonyl (C=O) groups excluding carboxylic acids is 1. The summed E-state index contributed by atoms with van der Waals surface area (Å²) in [5, 5.41) is 18.4. The van der Waals surface area contributed by atoms with E-state index in [0.29, 0.717) is 40.7 Å². The van der Waals surface area contributed by atoms with Crippen molar-refractivity contribution >= 4 is 11.6 Å². The van der Waals surface area contributed by atoms with E-state index in [9.17, 15) is 14.9 Å². The summed E-state index contributed by atoms with van der Waals surface area (Å²) in [4.78, 5) is 23.3. The maximum absolute atomic E-state index is 12.9. The van der Waals surface area contributed by atoms with Crippen molar-refractivity contribution in [2.45, 2.75) is 33.7 Å². The molecule has 0 saturated carbocycles. The number of hydrogen-bond donors (Lipinski definition) is 1. The molecule has 3 rings (SSSR count). The molecular weight excluding hydrogens is 360 g/mol. The number of aromatic nitrogens is 2. The van der Waals surface area contributed by atoms with Gasteiger partial charge in [0.1, 0.15) is 5.76 Å². The maximum Gasteiger partial charge on any atom is 0.269 e. The van der Waals surface area contributed by atoms with Gasteiger partial charge in [0.2, 0.25) is 0 Å². The average molecular weight is 382 g/mol. The Hall–Kier alpha value is -3.42. The van der Waals surface area contributed by atoms with Crippen LogP contribution in [0.25, 0.3) is 5.69 Å². The third-order valence-electron chi connectivity index (χ3n) is 4.33. The molecule has 8 nitrogen and oxygen atoms in total. The van der Waals surface area contributed by atoms with Crippen LogP contribution in [0, 0.1) is 23.0 Å². The molecule has 0 saturated heterocycles. The highest BCUT2D eigenvalue weighted by atomic mass is 16.6. The van der Waals surface area contributed by atoms with Crippen molar-refractivity contribution in [3.05, 3.63) is 75.5 Å². The number of amides is 1. The fourth-order valence-corrected chi connectivity index (χ4v) is 3.02. The van der Waals surface area contributed by atoms with Crippen LogP contribution in [-0.2, 0) is 13.0 Å². The first kappa shape index (κ1) is 19.3. The van der Waals surface area contributed by atoms with Crippen molar-refractivity contribution in [3.63, 3.8) is 0 Å².